The van der Waals surface area contributed by atoms with Crippen LogP contribution in [0.3, 0.4) is 0 Å². The van der Waals surface area contributed by atoms with E-state index in [2.05, 4.69) is 15.1 Å². The lowest BCUT2D eigenvalue weighted by molar-refractivity contribution is -0.257. The highest BCUT2D eigenvalue weighted by Gasteiger charge is 2.43. The zero-order valence-corrected chi connectivity index (χ0v) is 9.96. The van der Waals surface area contributed by atoms with Gasteiger partial charge in [0.15, 0.2) is 0 Å². The van der Waals surface area contributed by atoms with Crippen molar-refractivity contribution in [2.75, 3.05) is 0 Å². The van der Waals surface area contributed by atoms with Crippen LogP contribution in [0.15, 0.2) is 0 Å². The first-order valence-electron chi connectivity index (χ1n) is 5.00. The van der Waals surface area contributed by atoms with Gasteiger partial charge in [-0.25, -0.2) is 19.4 Å². The Kier molecular flexibility index (Phi) is 5.49. The van der Waals surface area contributed by atoms with Crippen molar-refractivity contribution in [2.45, 2.75) is 46.1 Å². The van der Waals surface area contributed by atoms with Gasteiger partial charge in [-0.3, -0.25) is 4.79 Å². The first-order valence-corrected chi connectivity index (χ1v) is 5.00. The van der Waals surface area contributed by atoms with E-state index in [-0.39, 0.29) is 17.9 Å². The van der Waals surface area contributed by atoms with Gasteiger partial charge in [0.05, 0.1) is 0 Å². The second-order valence-corrected chi connectivity index (χ2v) is 3.86. The minimum Gasteiger partial charge on any atom is -0.340 e. The molecule has 92 valence electrons. The van der Waals surface area contributed by atoms with Crippen molar-refractivity contribution in [3.8, 4) is 0 Å². The number of amides is 1. The molecule has 1 aliphatic rings. The SMILES string of the molecule is CC1(C)NC1=O.CCCC(=O)OOC(C)=O. The largest absolute Gasteiger partial charge is 0.355 e. The van der Waals surface area contributed by atoms with Gasteiger partial charge in [-0.2, -0.15) is 0 Å². The molecule has 0 spiro atoms. The van der Waals surface area contributed by atoms with Gasteiger partial charge in [-0.15, -0.1) is 0 Å². The Labute approximate surface area is 94.2 Å². The summed E-state index contributed by atoms with van der Waals surface area (Å²) in [4.78, 5) is 38.6. The lowest BCUT2D eigenvalue weighted by Crippen LogP contribution is -2.07. The Balaban J connectivity index is 0.000000315. The highest BCUT2D eigenvalue weighted by molar-refractivity contribution is 6.00. The highest BCUT2D eigenvalue weighted by Crippen LogP contribution is 2.14. The van der Waals surface area contributed by atoms with E-state index in [1.165, 1.54) is 6.92 Å². The fourth-order valence-corrected chi connectivity index (χ4v) is 0.604. The fraction of sp³-hybridized carbons (Fsp3) is 0.700. The van der Waals surface area contributed by atoms with Gasteiger partial charge in [0.25, 0.3) is 0 Å². The predicted octanol–water partition coefficient (Wildman–Crippen LogP) is 0.703. The maximum absolute atomic E-state index is 10.4. The third-order valence-corrected chi connectivity index (χ3v) is 1.64. The Hall–Kier alpha value is -1.59. The lowest BCUT2D eigenvalue weighted by atomic mass is 10.2. The summed E-state index contributed by atoms with van der Waals surface area (Å²) in [5, 5.41) is 2.63. The molecule has 0 aliphatic carbocycles. The average Bonchev–Trinajstić information content (AvgIpc) is 2.69. The topological polar surface area (TPSA) is 91.6 Å². The molecular weight excluding hydrogens is 214 g/mol. The van der Waals surface area contributed by atoms with E-state index in [0.29, 0.717) is 6.42 Å². The normalized spacial score (nSPS) is 15.1. The molecule has 0 radical (unpaired) electrons. The molecule has 1 heterocycles. The second kappa shape index (κ2) is 6.09. The van der Waals surface area contributed by atoms with E-state index >= 15 is 0 Å². The molecule has 0 bridgehead atoms. The second-order valence-electron chi connectivity index (χ2n) is 3.86. The minimum atomic E-state index is -0.621. The molecule has 1 aliphatic heterocycles. The molecule has 1 fully saturated rings. The lowest BCUT2D eigenvalue weighted by Gasteiger charge is -1.97. The summed E-state index contributed by atoms with van der Waals surface area (Å²) in [5.74, 6) is -0.982. The van der Waals surface area contributed by atoms with Crippen LogP contribution >= 0.6 is 0 Å². The predicted molar refractivity (Wildman–Crippen MR) is 55.0 cm³/mol. The van der Waals surface area contributed by atoms with Gasteiger partial charge in [-0.05, 0) is 20.3 Å². The molecule has 6 heteroatoms. The van der Waals surface area contributed by atoms with Crippen LogP contribution in [-0.4, -0.2) is 23.4 Å². The number of hydrogen-bond acceptors (Lipinski definition) is 5. The summed E-state index contributed by atoms with van der Waals surface area (Å²) >= 11 is 0. The maximum Gasteiger partial charge on any atom is 0.355 e. The molecular formula is C10H17NO5. The Bertz CT molecular complexity index is 285. The van der Waals surface area contributed by atoms with Gasteiger partial charge in [0, 0.05) is 13.3 Å². The van der Waals surface area contributed by atoms with Crippen LogP contribution in [0.5, 0.6) is 0 Å². The van der Waals surface area contributed by atoms with Crippen LogP contribution in [0.25, 0.3) is 0 Å². The molecule has 16 heavy (non-hydrogen) atoms. The molecule has 0 unspecified atom stereocenters. The van der Waals surface area contributed by atoms with E-state index in [0.717, 1.165) is 0 Å². The fourth-order valence-electron chi connectivity index (χ4n) is 0.604. The molecule has 0 aromatic carbocycles. The summed E-state index contributed by atoms with van der Waals surface area (Å²) < 4.78 is 0. The Morgan fingerprint density at radius 2 is 1.75 bits per heavy atom. The number of rotatable bonds is 2. The zero-order chi connectivity index (χ0) is 12.8. The van der Waals surface area contributed by atoms with Gasteiger partial charge < -0.3 is 5.32 Å². The minimum absolute atomic E-state index is 0.155. The smallest absolute Gasteiger partial charge is 0.340 e. The van der Waals surface area contributed by atoms with E-state index in [4.69, 9.17) is 0 Å². The maximum atomic E-state index is 10.4. The van der Waals surface area contributed by atoms with E-state index < -0.39 is 11.9 Å². The summed E-state index contributed by atoms with van der Waals surface area (Å²) in [5.41, 5.74) is -0.181. The summed E-state index contributed by atoms with van der Waals surface area (Å²) in [6.45, 7) is 6.71. The molecule has 6 nitrogen and oxygen atoms in total. The van der Waals surface area contributed by atoms with Crippen molar-refractivity contribution in [3.63, 3.8) is 0 Å². The number of nitrogens with one attached hydrogen (secondary N) is 1. The van der Waals surface area contributed by atoms with E-state index in [9.17, 15) is 14.4 Å². The summed E-state index contributed by atoms with van der Waals surface area (Å²) in [6.07, 6.45) is 0.952. The quantitative estimate of drug-likeness (QED) is 0.429. The molecule has 0 atom stereocenters. The first-order chi connectivity index (χ1) is 7.29. The van der Waals surface area contributed by atoms with Crippen LogP contribution in [0.2, 0.25) is 0 Å². The monoisotopic (exact) mass is 231 g/mol. The van der Waals surface area contributed by atoms with Crippen LogP contribution < -0.4 is 5.32 Å². The number of hydrogen-bond donors (Lipinski definition) is 1. The molecule has 0 saturated carbocycles. The third kappa shape index (κ3) is 6.80. The van der Waals surface area contributed by atoms with Crippen LogP contribution in [0.1, 0.15) is 40.5 Å². The van der Waals surface area contributed by atoms with Gasteiger partial charge in [0.2, 0.25) is 5.91 Å². The first kappa shape index (κ1) is 14.4. The van der Waals surface area contributed by atoms with Gasteiger partial charge in [0.1, 0.15) is 5.54 Å². The number of carbonyl (C=O) groups excluding carboxylic acids is 3. The van der Waals surface area contributed by atoms with Crippen molar-refractivity contribution in [1.29, 1.82) is 0 Å². The number of carbonyl (C=O) groups is 3. The standard InChI is InChI=1S/C6H10O4.C4H7NO/c1-3-4-6(8)10-9-5(2)7;1-4(2)3(6)5-4/h3-4H2,1-2H3;1-2H3,(H,5,6). The average molecular weight is 231 g/mol. The van der Waals surface area contributed by atoms with Gasteiger partial charge >= 0.3 is 11.9 Å². The molecule has 1 rings (SSSR count). The van der Waals surface area contributed by atoms with Crippen LogP contribution in [0.4, 0.5) is 0 Å². The van der Waals surface area contributed by atoms with Crippen LogP contribution in [-0.2, 0) is 24.2 Å². The zero-order valence-electron chi connectivity index (χ0n) is 9.96. The van der Waals surface area contributed by atoms with Crippen molar-refractivity contribution < 1.29 is 24.2 Å². The molecule has 0 aromatic rings. The summed E-state index contributed by atoms with van der Waals surface area (Å²) in [6, 6.07) is 0. The van der Waals surface area contributed by atoms with Crippen LogP contribution in [0, 0.1) is 0 Å². The van der Waals surface area contributed by atoms with E-state index in [1.807, 2.05) is 20.8 Å². The van der Waals surface area contributed by atoms with Crippen molar-refractivity contribution >= 4 is 17.8 Å². The van der Waals surface area contributed by atoms with E-state index in [1.54, 1.807) is 0 Å². The Morgan fingerprint density at radius 3 is 2.00 bits per heavy atom. The van der Waals surface area contributed by atoms with Crippen molar-refractivity contribution in [2.24, 2.45) is 0 Å². The molecule has 1 N–H and O–H groups in total. The molecule has 1 amide bonds. The van der Waals surface area contributed by atoms with Crippen molar-refractivity contribution in [3.05, 3.63) is 0 Å². The third-order valence-electron chi connectivity index (χ3n) is 1.64. The highest BCUT2D eigenvalue weighted by atomic mass is 17.2. The van der Waals surface area contributed by atoms with Gasteiger partial charge in [-0.1, -0.05) is 6.92 Å². The molecule has 0 aromatic heterocycles. The van der Waals surface area contributed by atoms with Crippen molar-refractivity contribution in [1.82, 2.24) is 5.32 Å². The Morgan fingerprint density at radius 1 is 1.31 bits per heavy atom. The molecule has 1 saturated heterocycles. The summed E-state index contributed by atoms with van der Waals surface area (Å²) in [7, 11) is 0.